The predicted octanol–water partition coefficient (Wildman–Crippen LogP) is 4.15. The van der Waals surface area contributed by atoms with Crippen molar-refractivity contribution in [2.75, 3.05) is 63.6 Å². The largest absolute Gasteiger partial charge is 0.416 e. The van der Waals surface area contributed by atoms with Gasteiger partial charge in [0, 0.05) is 37.6 Å². The summed E-state index contributed by atoms with van der Waals surface area (Å²) in [5.41, 5.74) is 0.901. The maximum Gasteiger partial charge on any atom is 0.416 e. The van der Waals surface area contributed by atoms with Crippen LogP contribution in [0.1, 0.15) is 12.0 Å². The fourth-order valence-corrected chi connectivity index (χ4v) is 4.68. The van der Waals surface area contributed by atoms with E-state index in [4.69, 9.17) is 9.97 Å². The second-order valence-electron chi connectivity index (χ2n) is 8.09. The lowest BCUT2D eigenvalue weighted by atomic mass is 10.1. The number of nitrogens with zero attached hydrogens (tertiary/aromatic N) is 4. The molecule has 1 aliphatic rings. The van der Waals surface area contributed by atoms with E-state index in [0.717, 1.165) is 84.3 Å². The highest BCUT2D eigenvalue weighted by atomic mass is 32.1. The van der Waals surface area contributed by atoms with Crippen LogP contribution in [0.25, 0.3) is 20.7 Å². The van der Waals surface area contributed by atoms with Crippen molar-refractivity contribution in [2.24, 2.45) is 0 Å². The molecule has 0 amide bonds. The number of anilines is 2. The number of rotatable bonds is 7. The van der Waals surface area contributed by atoms with Gasteiger partial charge >= 0.3 is 6.18 Å². The summed E-state index contributed by atoms with van der Waals surface area (Å²) in [5.74, 6) is 1.47. The average molecular weight is 465 g/mol. The third-order valence-corrected chi connectivity index (χ3v) is 6.51. The van der Waals surface area contributed by atoms with Crippen LogP contribution >= 0.6 is 11.3 Å². The summed E-state index contributed by atoms with van der Waals surface area (Å²) >= 11 is 1.50. The zero-order valence-electron chi connectivity index (χ0n) is 18.2. The highest BCUT2D eigenvalue weighted by Crippen LogP contribution is 2.38. The fraction of sp³-hybridized carbons (Fsp3) is 0.455. The van der Waals surface area contributed by atoms with Crippen molar-refractivity contribution >= 4 is 33.3 Å². The summed E-state index contributed by atoms with van der Waals surface area (Å²) < 4.78 is 39.7. The SMILES string of the molecule is CN(C)CCCNc1nc(N2CCNCC2)nc2cc(-c3ccc(C(F)(F)F)cc3)sc12. The predicted molar refractivity (Wildman–Crippen MR) is 125 cm³/mol. The molecule has 0 saturated carbocycles. The Balaban J connectivity index is 1.66. The van der Waals surface area contributed by atoms with Crippen molar-refractivity contribution in [3.05, 3.63) is 35.9 Å². The Labute approximate surface area is 189 Å². The maximum absolute atomic E-state index is 12.9. The normalized spacial score (nSPS) is 15.0. The van der Waals surface area contributed by atoms with Gasteiger partial charge in [-0.15, -0.1) is 11.3 Å². The number of piperazine rings is 1. The standard InChI is InChI=1S/C22H27F3N6S/c1-30(2)11-3-8-27-20-19-17(28-21(29-20)31-12-9-26-10-13-31)14-18(32-19)15-4-6-16(7-5-15)22(23,24)25/h4-7,14,26H,3,8-13H2,1-2H3,(H,27,28,29). The maximum atomic E-state index is 12.9. The van der Waals surface area contributed by atoms with Gasteiger partial charge in [0.15, 0.2) is 0 Å². The van der Waals surface area contributed by atoms with E-state index in [1.54, 1.807) is 0 Å². The van der Waals surface area contributed by atoms with Gasteiger partial charge < -0.3 is 20.4 Å². The number of fused-ring (bicyclic) bond motifs is 1. The molecule has 1 aliphatic heterocycles. The molecule has 1 fully saturated rings. The van der Waals surface area contributed by atoms with Gasteiger partial charge in [-0.2, -0.15) is 18.2 Å². The first-order valence-corrected chi connectivity index (χ1v) is 11.5. The quantitative estimate of drug-likeness (QED) is 0.513. The first-order valence-electron chi connectivity index (χ1n) is 10.6. The van der Waals surface area contributed by atoms with Crippen molar-refractivity contribution in [3.8, 4) is 10.4 Å². The number of hydrogen-bond donors (Lipinski definition) is 2. The lowest BCUT2D eigenvalue weighted by Crippen LogP contribution is -2.44. The Kier molecular flexibility index (Phi) is 6.82. The molecule has 1 aromatic carbocycles. The molecule has 0 atom stereocenters. The van der Waals surface area contributed by atoms with Crippen molar-refractivity contribution in [2.45, 2.75) is 12.6 Å². The van der Waals surface area contributed by atoms with Crippen molar-refractivity contribution in [1.29, 1.82) is 0 Å². The molecule has 4 rings (SSSR count). The topological polar surface area (TPSA) is 56.3 Å². The van der Waals surface area contributed by atoms with E-state index in [0.29, 0.717) is 5.95 Å². The van der Waals surface area contributed by atoms with Crippen LogP contribution in [0, 0.1) is 0 Å². The Hall–Kier alpha value is -2.43. The smallest absolute Gasteiger partial charge is 0.369 e. The molecule has 3 heterocycles. The van der Waals surface area contributed by atoms with Crippen LogP contribution in [0.15, 0.2) is 30.3 Å². The Morgan fingerprint density at radius 2 is 1.84 bits per heavy atom. The third kappa shape index (κ3) is 5.31. The minimum Gasteiger partial charge on any atom is -0.369 e. The van der Waals surface area contributed by atoms with Crippen LogP contribution in [-0.4, -0.2) is 68.2 Å². The summed E-state index contributed by atoms with van der Waals surface area (Å²) in [6.07, 6.45) is -3.37. The van der Waals surface area contributed by atoms with Gasteiger partial charge in [0.25, 0.3) is 0 Å². The van der Waals surface area contributed by atoms with E-state index < -0.39 is 11.7 Å². The molecule has 0 radical (unpaired) electrons. The molecule has 3 aromatic rings. The van der Waals surface area contributed by atoms with E-state index in [2.05, 4.69) is 20.4 Å². The molecule has 32 heavy (non-hydrogen) atoms. The molecular formula is C22H27F3N6S. The molecule has 6 nitrogen and oxygen atoms in total. The molecule has 2 N–H and O–H groups in total. The minimum absolute atomic E-state index is 0.647. The van der Waals surface area contributed by atoms with Crippen LogP contribution in [0.3, 0.4) is 0 Å². The van der Waals surface area contributed by atoms with Crippen LogP contribution in [-0.2, 0) is 6.18 Å². The Morgan fingerprint density at radius 1 is 1.12 bits per heavy atom. The molecule has 1 saturated heterocycles. The second-order valence-corrected chi connectivity index (χ2v) is 9.15. The molecule has 0 aliphatic carbocycles. The van der Waals surface area contributed by atoms with Gasteiger partial charge in [0.1, 0.15) is 5.82 Å². The molecule has 0 unspecified atom stereocenters. The highest BCUT2D eigenvalue weighted by molar-refractivity contribution is 7.22. The zero-order chi connectivity index (χ0) is 22.7. The highest BCUT2D eigenvalue weighted by Gasteiger charge is 2.30. The number of alkyl halides is 3. The average Bonchev–Trinajstić information content (AvgIpc) is 3.21. The van der Waals surface area contributed by atoms with Crippen molar-refractivity contribution in [1.82, 2.24) is 20.2 Å². The molecule has 0 spiro atoms. The number of halogens is 3. The number of nitrogens with one attached hydrogen (secondary N) is 2. The molecular weight excluding hydrogens is 437 g/mol. The summed E-state index contributed by atoms with van der Waals surface area (Å²) in [6.45, 7) is 5.18. The van der Waals surface area contributed by atoms with E-state index in [9.17, 15) is 13.2 Å². The summed E-state index contributed by atoms with van der Waals surface area (Å²) in [4.78, 5) is 14.8. The number of hydrogen-bond acceptors (Lipinski definition) is 7. The number of aromatic nitrogens is 2. The first kappa shape index (κ1) is 22.8. The number of thiophene rings is 1. The van der Waals surface area contributed by atoms with E-state index in [1.165, 1.54) is 23.5 Å². The lowest BCUT2D eigenvalue weighted by molar-refractivity contribution is -0.137. The van der Waals surface area contributed by atoms with Gasteiger partial charge in [-0.05, 0) is 50.8 Å². The Morgan fingerprint density at radius 3 is 2.50 bits per heavy atom. The van der Waals surface area contributed by atoms with Gasteiger partial charge in [-0.1, -0.05) is 12.1 Å². The van der Waals surface area contributed by atoms with Crippen LogP contribution in [0.4, 0.5) is 24.9 Å². The number of benzene rings is 1. The second kappa shape index (κ2) is 9.60. The first-order chi connectivity index (χ1) is 15.3. The minimum atomic E-state index is -4.34. The van der Waals surface area contributed by atoms with Crippen LogP contribution in [0.2, 0.25) is 0 Å². The molecule has 172 valence electrons. The van der Waals surface area contributed by atoms with Gasteiger partial charge in [0.2, 0.25) is 5.95 Å². The van der Waals surface area contributed by atoms with E-state index in [-0.39, 0.29) is 0 Å². The fourth-order valence-electron chi connectivity index (χ4n) is 3.61. The zero-order valence-corrected chi connectivity index (χ0v) is 19.0. The summed E-state index contributed by atoms with van der Waals surface area (Å²) in [6, 6.07) is 7.22. The molecule has 10 heteroatoms. The monoisotopic (exact) mass is 464 g/mol. The van der Waals surface area contributed by atoms with Gasteiger partial charge in [-0.25, -0.2) is 4.98 Å². The Bertz CT molecular complexity index is 1040. The summed E-state index contributed by atoms with van der Waals surface area (Å²) in [7, 11) is 4.09. The van der Waals surface area contributed by atoms with Crippen LogP contribution in [0.5, 0.6) is 0 Å². The lowest BCUT2D eigenvalue weighted by Gasteiger charge is -2.27. The van der Waals surface area contributed by atoms with E-state index in [1.807, 2.05) is 20.2 Å². The van der Waals surface area contributed by atoms with Crippen molar-refractivity contribution < 1.29 is 13.2 Å². The third-order valence-electron chi connectivity index (χ3n) is 5.33. The van der Waals surface area contributed by atoms with E-state index >= 15 is 0 Å². The van der Waals surface area contributed by atoms with Crippen molar-refractivity contribution in [3.63, 3.8) is 0 Å². The molecule has 2 aromatic heterocycles. The van der Waals surface area contributed by atoms with Gasteiger partial charge in [0.05, 0.1) is 15.8 Å². The van der Waals surface area contributed by atoms with Gasteiger partial charge in [-0.3, -0.25) is 0 Å². The summed E-state index contributed by atoms with van der Waals surface area (Å²) in [5, 5.41) is 6.79. The van der Waals surface area contributed by atoms with Crippen LogP contribution < -0.4 is 15.5 Å². The molecule has 0 bridgehead atoms.